The van der Waals surface area contributed by atoms with Crippen molar-refractivity contribution in [3.63, 3.8) is 0 Å². The summed E-state index contributed by atoms with van der Waals surface area (Å²) in [5.74, 6) is 1.81. The molecule has 10 aromatic rings. The lowest BCUT2D eigenvalue weighted by atomic mass is 10.0. The van der Waals surface area contributed by atoms with E-state index in [1.807, 2.05) is 11.3 Å². The molecule has 3 heterocycles. The van der Waals surface area contributed by atoms with E-state index in [0.29, 0.717) is 0 Å². The lowest BCUT2D eigenvalue weighted by Crippen LogP contribution is -2.03. The Balaban J connectivity index is 1.30. The molecule has 0 spiro atoms. The fourth-order valence-electron chi connectivity index (χ4n) is 7.06. The largest absolute Gasteiger partial charge is 0.292 e. The molecular weight excluding hydrogens is 617 g/mol. The van der Waals surface area contributed by atoms with Crippen molar-refractivity contribution in [2.75, 3.05) is 0 Å². The van der Waals surface area contributed by atoms with E-state index in [9.17, 15) is 0 Å². The van der Waals surface area contributed by atoms with Gasteiger partial charge < -0.3 is 0 Å². The van der Waals surface area contributed by atoms with Crippen molar-refractivity contribution in [2.24, 2.45) is 0 Å². The Morgan fingerprint density at radius 2 is 0.878 bits per heavy atom. The third-order valence-corrected chi connectivity index (χ3v) is 10.5. The zero-order chi connectivity index (χ0) is 32.3. The standard InChI is InChI=1S/C44H28N4S/c1-3-13-29(14-4-1)43-45-37-18-8-10-20-39(37)47(43)33-25-32(31-23-24-42-36(27-31)35-17-7-12-22-41(35)49-42)26-34(28-33)48-40-21-11-9-19-38(40)46-44(48)30-15-5-2-6-16-30/h1-28H. The monoisotopic (exact) mass is 644 g/mol. The molecule has 0 atom stereocenters. The van der Waals surface area contributed by atoms with Crippen LogP contribution in [0.25, 0.3) is 87.5 Å². The molecule has 3 aromatic heterocycles. The lowest BCUT2D eigenvalue weighted by molar-refractivity contribution is 1.07. The summed E-state index contributed by atoms with van der Waals surface area (Å²) >= 11 is 1.85. The van der Waals surface area contributed by atoms with Crippen LogP contribution in [-0.2, 0) is 0 Å². The molecule has 0 aliphatic rings. The highest BCUT2D eigenvalue weighted by molar-refractivity contribution is 7.25. The maximum absolute atomic E-state index is 5.18. The summed E-state index contributed by atoms with van der Waals surface area (Å²) in [5.41, 5.74) is 10.5. The first-order valence-corrected chi connectivity index (χ1v) is 17.2. The van der Waals surface area contributed by atoms with Gasteiger partial charge in [-0.05, 0) is 71.8 Å². The van der Waals surface area contributed by atoms with E-state index in [2.05, 4.69) is 179 Å². The van der Waals surface area contributed by atoms with E-state index in [1.54, 1.807) is 0 Å². The van der Waals surface area contributed by atoms with Crippen LogP contribution in [0.3, 0.4) is 0 Å². The van der Waals surface area contributed by atoms with Crippen molar-refractivity contribution in [1.29, 1.82) is 0 Å². The number of imidazole rings is 2. The minimum atomic E-state index is 0.906. The second-order valence-electron chi connectivity index (χ2n) is 12.3. The first kappa shape index (κ1) is 27.8. The number of hydrogen-bond donors (Lipinski definition) is 0. The zero-order valence-electron chi connectivity index (χ0n) is 26.4. The molecule has 0 aliphatic carbocycles. The van der Waals surface area contributed by atoms with Gasteiger partial charge in [-0.3, -0.25) is 9.13 Å². The number of fused-ring (bicyclic) bond motifs is 5. The highest BCUT2D eigenvalue weighted by Gasteiger charge is 2.20. The minimum absolute atomic E-state index is 0.906. The van der Waals surface area contributed by atoms with Crippen LogP contribution in [0.1, 0.15) is 0 Å². The van der Waals surface area contributed by atoms with Gasteiger partial charge in [-0.2, -0.15) is 0 Å². The van der Waals surface area contributed by atoms with Crippen molar-refractivity contribution < 1.29 is 0 Å². The van der Waals surface area contributed by atoms with Gasteiger partial charge in [0, 0.05) is 31.3 Å². The van der Waals surface area contributed by atoms with Crippen LogP contribution in [-0.4, -0.2) is 19.1 Å². The number of hydrogen-bond acceptors (Lipinski definition) is 3. The molecule has 0 saturated heterocycles. The van der Waals surface area contributed by atoms with E-state index in [4.69, 9.17) is 9.97 Å². The summed E-state index contributed by atoms with van der Waals surface area (Å²) in [5, 5.41) is 2.57. The summed E-state index contributed by atoms with van der Waals surface area (Å²) in [6, 6.07) is 60.2. The predicted molar refractivity (Wildman–Crippen MR) is 205 cm³/mol. The van der Waals surface area contributed by atoms with Crippen molar-refractivity contribution in [1.82, 2.24) is 19.1 Å². The summed E-state index contributed by atoms with van der Waals surface area (Å²) in [6.07, 6.45) is 0. The van der Waals surface area contributed by atoms with Crippen LogP contribution in [0.5, 0.6) is 0 Å². The quantitative estimate of drug-likeness (QED) is 0.187. The van der Waals surface area contributed by atoms with Gasteiger partial charge in [0.2, 0.25) is 0 Å². The van der Waals surface area contributed by atoms with Crippen LogP contribution in [0.4, 0.5) is 0 Å². The first-order valence-electron chi connectivity index (χ1n) is 16.4. The SMILES string of the molecule is c1ccc(-c2nc3ccccc3n2-c2cc(-c3ccc4sc5ccccc5c4c3)cc(-n3c(-c4ccccc4)nc4ccccc43)c2)cc1. The maximum atomic E-state index is 5.18. The van der Waals surface area contributed by atoms with Crippen LogP contribution in [0, 0.1) is 0 Å². The summed E-state index contributed by atoms with van der Waals surface area (Å²) < 4.78 is 7.20. The van der Waals surface area contributed by atoms with Gasteiger partial charge in [-0.1, -0.05) is 109 Å². The van der Waals surface area contributed by atoms with E-state index in [1.165, 1.54) is 20.2 Å². The second-order valence-corrected chi connectivity index (χ2v) is 13.4. The topological polar surface area (TPSA) is 35.6 Å². The first-order chi connectivity index (χ1) is 24.3. The number of nitrogens with zero attached hydrogens (tertiary/aromatic N) is 4. The van der Waals surface area contributed by atoms with Crippen molar-refractivity contribution >= 4 is 53.6 Å². The number of thiophene rings is 1. The molecule has 10 rings (SSSR count). The Labute approximate surface area is 286 Å². The number of benzene rings is 7. The number of para-hydroxylation sites is 4. The number of rotatable bonds is 5. The van der Waals surface area contributed by atoms with E-state index in [-0.39, 0.29) is 0 Å². The molecule has 0 radical (unpaired) electrons. The van der Waals surface area contributed by atoms with Crippen LogP contribution < -0.4 is 0 Å². The predicted octanol–water partition coefficient (Wildman–Crippen LogP) is 11.7. The second kappa shape index (κ2) is 11.2. The van der Waals surface area contributed by atoms with Gasteiger partial charge in [0.1, 0.15) is 11.6 Å². The molecule has 0 saturated carbocycles. The van der Waals surface area contributed by atoms with Crippen molar-refractivity contribution in [3.8, 4) is 45.3 Å². The Morgan fingerprint density at radius 3 is 1.49 bits per heavy atom. The molecule has 0 unspecified atom stereocenters. The third-order valence-electron chi connectivity index (χ3n) is 9.31. The molecule has 230 valence electrons. The molecule has 0 aliphatic heterocycles. The average molecular weight is 645 g/mol. The van der Waals surface area contributed by atoms with Crippen molar-refractivity contribution in [2.45, 2.75) is 0 Å². The van der Waals surface area contributed by atoms with Crippen LogP contribution >= 0.6 is 11.3 Å². The van der Waals surface area contributed by atoms with Gasteiger partial charge in [0.05, 0.1) is 33.4 Å². The van der Waals surface area contributed by atoms with Gasteiger partial charge >= 0.3 is 0 Å². The molecule has 0 amide bonds. The molecule has 49 heavy (non-hydrogen) atoms. The Kier molecular flexibility index (Phi) is 6.32. The molecule has 4 nitrogen and oxygen atoms in total. The van der Waals surface area contributed by atoms with Gasteiger partial charge in [0.25, 0.3) is 0 Å². The highest BCUT2D eigenvalue weighted by atomic mass is 32.1. The highest BCUT2D eigenvalue weighted by Crippen LogP contribution is 2.39. The van der Waals surface area contributed by atoms with Gasteiger partial charge in [0.15, 0.2) is 0 Å². The minimum Gasteiger partial charge on any atom is -0.292 e. The van der Waals surface area contributed by atoms with E-state index >= 15 is 0 Å². The maximum Gasteiger partial charge on any atom is 0.145 e. The normalized spacial score (nSPS) is 11.7. The molecule has 5 heteroatoms. The summed E-state index contributed by atoms with van der Waals surface area (Å²) in [7, 11) is 0. The van der Waals surface area contributed by atoms with Gasteiger partial charge in [-0.25, -0.2) is 9.97 Å². The fraction of sp³-hybridized carbons (Fsp3) is 0. The van der Waals surface area contributed by atoms with Crippen molar-refractivity contribution in [3.05, 3.63) is 170 Å². The molecular formula is C44H28N4S. The Morgan fingerprint density at radius 1 is 0.367 bits per heavy atom. The lowest BCUT2D eigenvalue weighted by Gasteiger charge is -2.17. The smallest absolute Gasteiger partial charge is 0.145 e. The Hall–Kier alpha value is -6.30. The average Bonchev–Trinajstić information content (AvgIpc) is 3.87. The zero-order valence-corrected chi connectivity index (χ0v) is 27.2. The van der Waals surface area contributed by atoms with E-state index < -0.39 is 0 Å². The number of aromatic nitrogens is 4. The van der Waals surface area contributed by atoms with Gasteiger partial charge in [-0.15, -0.1) is 11.3 Å². The third kappa shape index (κ3) is 4.59. The molecule has 0 N–H and O–H groups in total. The molecule has 0 fully saturated rings. The molecule has 0 bridgehead atoms. The fourth-order valence-corrected chi connectivity index (χ4v) is 8.15. The Bertz CT molecular complexity index is 2690. The summed E-state index contributed by atoms with van der Waals surface area (Å²) in [6.45, 7) is 0. The van der Waals surface area contributed by atoms with Crippen LogP contribution in [0.2, 0.25) is 0 Å². The molecule has 7 aromatic carbocycles. The van der Waals surface area contributed by atoms with E-state index in [0.717, 1.165) is 67.3 Å². The summed E-state index contributed by atoms with van der Waals surface area (Å²) in [4.78, 5) is 10.4. The van der Waals surface area contributed by atoms with Crippen LogP contribution in [0.15, 0.2) is 170 Å².